The van der Waals surface area contributed by atoms with Gasteiger partial charge in [-0.2, -0.15) is 0 Å². The summed E-state index contributed by atoms with van der Waals surface area (Å²) in [6, 6.07) is 18.5. The van der Waals surface area contributed by atoms with Gasteiger partial charge in [-0.25, -0.2) is 0 Å². The third-order valence-corrected chi connectivity index (χ3v) is 3.14. The minimum Gasteiger partial charge on any atom is -0.489 e. The van der Waals surface area contributed by atoms with Crippen LogP contribution in [0.15, 0.2) is 54.6 Å². The van der Waals surface area contributed by atoms with Crippen LogP contribution in [-0.4, -0.2) is 12.6 Å². The van der Waals surface area contributed by atoms with Gasteiger partial charge >= 0.3 is 0 Å². The Kier molecular flexibility index (Phi) is 4.99. The van der Waals surface area contributed by atoms with Crippen LogP contribution in [0, 0.1) is 0 Å². The molecule has 2 N–H and O–H groups in total. The van der Waals surface area contributed by atoms with Crippen molar-refractivity contribution in [2.45, 2.75) is 25.9 Å². The lowest BCUT2D eigenvalue weighted by atomic mass is 10.1. The molecule has 19 heavy (non-hydrogen) atoms. The van der Waals surface area contributed by atoms with E-state index in [-0.39, 0.29) is 6.10 Å². The lowest BCUT2D eigenvalue weighted by molar-refractivity contribution is 0.198. The van der Waals surface area contributed by atoms with Gasteiger partial charge in [0.1, 0.15) is 11.9 Å². The summed E-state index contributed by atoms with van der Waals surface area (Å²) in [5.74, 6) is 0.892. The largest absolute Gasteiger partial charge is 0.489 e. The van der Waals surface area contributed by atoms with Crippen LogP contribution in [0.5, 0.6) is 5.75 Å². The lowest BCUT2D eigenvalue weighted by Crippen LogP contribution is -2.26. The van der Waals surface area contributed by atoms with Crippen LogP contribution >= 0.6 is 0 Å². The van der Waals surface area contributed by atoms with E-state index in [4.69, 9.17) is 10.5 Å². The molecule has 0 fully saturated rings. The molecule has 0 saturated carbocycles. The molecule has 1 atom stereocenters. The van der Waals surface area contributed by atoms with E-state index in [0.717, 1.165) is 18.6 Å². The van der Waals surface area contributed by atoms with Crippen molar-refractivity contribution in [3.8, 4) is 16.9 Å². The Morgan fingerprint density at radius 1 is 0.947 bits per heavy atom. The van der Waals surface area contributed by atoms with Gasteiger partial charge < -0.3 is 10.5 Å². The minimum atomic E-state index is 0.118. The van der Waals surface area contributed by atoms with Crippen LogP contribution in [-0.2, 0) is 0 Å². The summed E-state index contributed by atoms with van der Waals surface area (Å²) in [4.78, 5) is 0. The highest BCUT2D eigenvalue weighted by atomic mass is 16.5. The minimum absolute atomic E-state index is 0.118. The van der Waals surface area contributed by atoms with E-state index in [9.17, 15) is 0 Å². The number of benzene rings is 2. The zero-order chi connectivity index (χ0) is 13.5. The summed E-state index contributed by atoms with van der Waals surface area (Å²) in [6.07, 6.45) is 2.20. The molecular formula is C17H21NO. The van der Waals surface area contributed by atoms with Gasteiger partial charge in [0.2, 0.25) is 0 Å². The van der Waals surface area contributed by atoms with Gasteiger partial charge in [-0.15, -0.1) is 0 Å². The maximum Gasteiger partial charge on any atom is 0.119 e. The number of hydrogen-bond acceptors (Lipinski definition) is 2. The summed E-state index contributed by atoms with van der Waals surface area (Å²) >= 11 is 0. The standard InChI is InChI=1S/C17H21NO/c1-2-6-17(13-18)19-16-11-9-15(10-12-16)14-7-4-3-5-8-14/h3-5,7-12,17H,2,6,13,18H2,1H3. The fourth-order valence-corrected chi connectivity index (χ4v) is 2.10. The first-order valence-electron chi connectivity index (χ1n) is 6.85. The topological polar surface area (TPSA) is 35.2 Å². The Balaban J connectivity index is 2.06. The smallest absolute Gasteiger partial charge is 0.119 e. The summed E-state index contributed by atoms with van der Waals surface area (Å²) in [6.45, 7) is 2.71. The van der Waals surface area contributed by atoms with E-state index < -0.39 is 0 Å². The normalized spacial score (nSPS) is 12.1. The van der Waals surface area contributed by atoms with E-state index in [0.29, 0.717) is 6.54 Å². The fraction of sp³-hybridized carbons (Fsp3) is 0.294. The van der Waals surface area contributed by atoms with Crippen molar-refractivity contribution in [1.29, 1.82) is 0 Å². The average Bonchev–Trinajstić information content (AvgIpc) is 2.48. The highest BCUT2D eigenvalue weighted by Crippen LogP contribution is 2.22. The Morgan fingerprint density at radius 2 is 1.58 bits per heavy atom. The average molecular weight is 255 g/mol. The van der Waals surface area contributed by atoms with Crippen LogP contribution < -0.4 is 10.5 Å². The van der Waals surface area contributed by atoms with Gasteiger partial charge in [0.05, 0.1) is 0 Å². The monoisotopic (exact) mass is 255 g/mol. The SMILES string of the molecule is CCCC(CN)Oc1ccc(-c2ccccc2)cc1. The number of ether oxygens (including phenoxy) is 1. The van der Waals surface area contributed by atoms with Crippen LogP contribution in [0.4, 0.5) is 0 Å². The van der Waals surface area contributed by atoms with Crippen molar-refractivity contribution in [2.75, 3.05) is 6.54 Å². The second kappa shape index (κ2) is 6.95. The maximum absolute atomic E-state index is 5.87. The molecule has 100 valence electrons. The molecule has 2 aromatic rings. The Bertz CT molecular complexity index is 478. The van der Waals surface area contributed by atoms with E-state index in [1.54, 1.807) is 0 Å². The zero-order valence-corrected chi connectivity index (χ0v) is 11.4. The summed E-state index contributed by atoms with van der Waals surface area (Å²) in [5.41, 5.74) is 8.12. The molecule has 0 aromatic heterocycles. The zero-order valence-electron chi connectivity index (χ0n) is 11.4. The Morgan fingerprint density at radius 3 is 2.16 bits per heavy atom. The van der Waals surface area contributed by atoms with Crippen LogP contribution in [0.1, 0.15) is 19.8 Å². The van der Waals surface area contributed by atoms with Crippen molar-refractivity contribution >= 4 is 0 Å². The van der Waals surface area contributed by atoms with E-state index in [1.807, 2.05) is 30.3 Å². The lowest BCUT2D eigenvalue weighted by Gasteiger charge is -2.16. The van der Waals surface area contributed by atoms with Crippen molar-refractivity contribution in [1.82, 2.24) is 0 Å². The molecule has 0 amide bonds. The second-order valence-corrected chi connectivity index (χ2v) is 4.65. The Hall–Kier alpha value is -1.80. The molecule has 0 bridgehead atoms. The number of rotatable bonds is 6. The summed E-state index contributed by atoms with van der Waals surface area (Å²) in [5, 5.41) is 0. The van der Waals surface area contributed by atoms with Crippen molar-refractivity contribution in [3.05, 3.63) is 54.6 Å². The Labute approximate surface area is 115 Å². The fourth-order valence-electron chi connectivity index (χ4n) is 2.10. The van der Waals surface area contributed by atoms with E-state index in [2.05, 4.69) is 31.2 Å². The van der Waals surface area contributed by atoms with Gasteiger partial charge in [-0.3, -0.25) is 0 Å². The van der Waals surface area contributed by atoms with Crippen molar-refractivity contribution in [3.63, 3.8) is 0 Å². The third-order valence-electron chi connectivity index (χ3n) is 3.14. The highest BCUT2D eigenvalue weighted by Gasteiger charge is 2.07. The summed E-state index contributed by atoms with van der Waals surface area (Å²) < 4.78 is 5.87. The molecule has 2 aromatic carbocycles. The molecule has 0 spiro atoms. The van der Waals surface area contributed by atoms with E-state index in [1.165, 1.54) is 11.1 Å². The second-order valence-electron chi connectivity index (χ2n) is 4.65. The van der Waals surface area contributed by atoms with Crippen LogP contribution in [0.3, 0.4) is 0 Å². The quantitative estimate of drug-likeness (QED) is 0.850. The third kappa shape index (κ3) is 3.83. The van der Waals surface area contributed by atoms with Gasteiger partial charge in [0, 0.05) is 6.54 Å². The summed E-state index contributed by atoms with van der Waals surface area (Å²) in [7, 11) is 0. The first-order chi connectivity index (χ1) is 9.33. The highest BCUT2D eigenvalue weighted by molar-refractivity contribution is 5.63. The predicted octanol–water partition coefficient (Wildman–Crippen LogP) is 3.86. The molecule has 0 heterocycles. The van der Waals surface area contributed by atoms with Gasteiger partial charge in [-0.1, -0.05) is 55.8 Å². The molecule has 0 aliphatic carbocycles. The van der Waals surface area contributed by atoms with Gasteiger partial charge in [-0.05, 0) is 29.7 Å². The molecule has 2 nitrogen and oxygen atoms in total. The van der Waals surface area contributed by atoms with Gasteiger partial charge in [0.25, 0.3) is 0 Å². The molecule has 2 rings (SSSR count). The van der Waals surface area contributed by atoms with E-state index >= 15 is 0 Å². The molecule has 0 saturated heterocycles. The van der Waals surface area contributed by atoms with Crippen LogP contribution in [0.2, 0.25) is 0 Å². The molecule has 1 unspecified atom stereocenters. The molecule has 0 aliphatic rings. The number of nitrogens with two attached hydrogens (primary N) is 1. The molecule has 0 aliphatic heterocycles. The molecule has 0 radical (unpaired) electrons. The first kappa shape index (κ1) is 13.6. The number of hydrogen-bond donors (Lipinski definition) is 1. The molecular weight excluding hydrogens is 234 g/mol. The maximum atomic E-state index is 5.87. The van der Waals surface area contributed by atoms with Crippen LogP contribution in [0.25, 0.3) is 11.1 Å². The molecule has 2 heteroatoms. The first-order valence-corrected chi connectivity index (χ1v) is 6.85. The van der Waals surface area contributed by atoms with Crippen molar-refractivity contribution in [2.24, 2.45) is 5.73 Å². The predicted molar refractivity (Wildman–Crippen MR) is 80.3 cm³/mol. The van der Waals surface area contributed by atoms with Gasteiger partial charge in [0.15, 0.2) is 0 Å². The van der Waals surface area contributed by atoms with Crippen molar-refractivity contribution < 1.29 is 4.74 Å².